The maximum atomic E-state index is 8.25. The van der Waals surface area contributed by atoms with Gasteiger partial charge in [-0.3, -0.25) is 0 Å². The summed E-state index contributed by atoms with van der Waals surface area (Å²) in [5.41, 5.74) is 8.04. The fourth-order valence-electron chi connectivity index (χ4n) is 2.47. The molecule has 2 rings (SSSR count). The molecule has 0 fully saturated rings. The van der Waals surface area contributed by atoms with Gasteiger partial charge in [-0.15, -0.1) is 0 Å². The Morgan fingerprint density at radius 2 is 1.26 bits per heavy atom. The third kappa shape index (κ3) is 6.28. The summed E-state index contributed by atoms with van der Waals surface area (Å²) in [6.45, 7) is 6.84. The Kier molecular flexibility index (Phi) is 18.1. The second-order valence-corrected chi connectivity index (χ2v) is 4.04. The van der Waals surface area contributed by atoms with Crippen molar-refractivity contribution in [3.63, 3.8) is 0 Å². The molecule has 0 saturated heterocycles. The van der Waals surface area contributed by atoms with Crippen LogP contribution in [-0.4, -0.2) is 21.3 Å². The maximum absolute atomic E-state index is 8.25. The van der Waals surface area contributed by atoms with Crippen LogP contribution in [0.25, 0.3) is 0 Å². The van der Waals surface area contributed by atoms with Gasteiger partial charge in [-0.2, -0.15) is 49.1 Å². The zero-order valence-corrected chi connectivity index (χ0v) is 14.6. The van der Waals surface area contributed by atoms with Crippen molar-refractivity contribution in [2.24, 2.45) is 0 Å². The van der Waals surface area contributed by atoms with E-state index in [1.807, 2.05) is 0 Å². The average Bonchev–Trinajstić information content (AvgIpc) is 2.71. The number of rotatable bonds is 0. The van der Waals surface area contributed by atoms with Gasteiger partial charge in [0.2, 0.25) is 0 Å². The quantitative estimate of drug-likeness (QED) is 0.505. The summed E-state index contributed by atoms with van der Waals surface area (Å²) < 4.78 is 0. The molecule has 0 heterocycles. The smallest absolute Gasteiger partial charge is 0.857 e. The molecule has 3 nitrogen and oxygen atoms in total. The van der Waals surface area contributed by atoms with Crippen molar-refractivity contribution in [3.05, 3.63) is 27.8 Å². The topological polar surface area (TPSA) is 69.2 Å². The van der Waals surface area contributed by atoms with Crippen molar-refractivity contribution in [3.8, 4) is 0 Å². The first kappa shape index (κ1) is 24.0. The van der Waals surface area contributed by atoms with Crippen LogP contribution in [0.2, 0.25) is 0 Å². The van der Waals surface area contributed by atoms with Crippen molar-refractivity contribution >= 4 is 0 Å². The van der Waals surface area contributed by atoms with E-state index in [-0.39, 0.29) is 21.7 Å². The van der Waals surface area contributed by atoms with Gasteiger partial charge in [0.15, 0.2) is 0 Å². The van der Waals surface area contributed by atoms with E-state index in [2.05, 4.69) is 20.8 Å². The first-order valence-corrected chi connectivity index (χ1v) is 6.18. The third-order valence-electron chi connectivity index (χ3n) is 3.50. The normalized spacial score (nSPS) is 11.2. The van der Waals surface area contributed by atoms with E-state index < -0.39 is 0 Å². The molecule has 0 atom stereocenters. The zero-order chi connectivity index (χ0) is 14.7. The van der Waals surface area contributed by atoms with Crippen LogP contribution in [0.15, 0.2) is 0 Å². The molecule has 0 radical (unpaired) electrons. The van der Waals surface area contributed by atoms with Gasteiger partial charge < -0.3 is 15.3 Å². The van der Waals surface area contributed by atoms with Crippen molar-refractivity contribution in [2.75, 3.05) is 21.3 Å². The van der Waals surface area contributed by atoms with E-state index in [4.69, 9.17) is 15.3 Å². The van der Waals surface area contributed by atoms with E-state index >= 15 is 0 Å². The predicted molar refractivity (Wildman–Crippen MR) is 70.7 cm³/mol. The van der Waals surface area contributed by atoms with Crippen LogP contribution >= 0.6 is 0 Å². The number of hydrogen-bond acceptors (Lipinski definition) is 3. The Hall–Kier alpha value is -0.0557. The molecule has 1 aliphatic carbocycles. The molecule has 1 aliphatic rings. The van der Waals surface area contributed by atoms with Gasteiger partial charge in [0.1, 0.15) is 0 Å². The molecule has 19 heavy (non-hydrogen) atoms. The Morgan fingerprint density at radius 3 is 1.68 bits per heavy atom. The summed E-state index contributed by atoms with van der Waals surface area (Å²) in [7, 11) is 2.25. The van der Waals surface area contributed by atoms with Gasteiger partial charge in [0.05, 0.1) is 0 Å². The molecular formula is C15H26O3Ti. The average molecular weight is 302 g/mol. The van der Waals surface area contributed by atoms with E-state index in [1.54, 1.807) is 27.8 Å². The second-order valence-electron chi connectivity index (χ2n) is 4.04. The molecule has 0 saturated carbocycles. The molecule has 4 heteroatoms. The van der Waals surface area contributed by atoms with Crippen LogP contribution < -0.4 is 15.3 Å². The summed E-state index contributed by atoms with van der Waals surface area (Å²) >= 11 is 0. The van der Waals surface area contributed by atoms with Gasteiger partial charge in [0, 0.05) is 0 Å². The monoisotopic (exact) mass is 302 g/mol. The molecule has 0 N–H and O–H groups in total. The van der Waals surface area contributed by atoms with Gasteiger partial charge >= 0.3 is 21.7 Å². The SMILES string of the molecule is C[O-].C[O-].C[O-].Cc1c2c([c-](C)c1C)CCCC2.[Ti+4]. The second kappa shape index (κ2) is 14.4. The van der Waals surface area contributed by atoms with Gasteiger partial charge in [-0.1, -0.05) is 46.5 Å². The predicted octanol–water partition coefficient (Wildman–Crippen LogP) is 0.137. The maximum Gasteiger partial charge on any atom is 4.00 e. The molecule has 1 aromatic carbocycles. The summed E-state index contributed by atoms with van der Waals surface area (Å²) in [6, 6.07) is 0. The zero-order valence-electron chi connectivity index (χ0n) is 13.1. The van der Waals surface area contributed by atoms with E-state index in [1.165, 1.54) is 25.7 Å². The molecule has 0 aliphatic heterocycles. The molecule has 0 unspecified atom stereocenters. The van der Waals surface area contributed by atoms with Crippen LogP contribution in [0.3, 0.4) is 0 Å². The minimum atomic E-state index is 0. The molecule has 0 spiro atoms. The summed E-state index contributed by atoms with van der Waals surface area (Å²) in [6.07, 6.45) is 5.46. The van der Waals surface area contributed by atoms with Crippen LogP contribution in [0.5, 0.6) is 0 Å². The van der Waals surface area contributed by atoms with Crippen LogP contribution in [0, 0.1) is 20.8 Å². The van der Waals surface area contributed by atoms with Crippen LogP contribution in [0.1, 0.15) is 40.7 Å². The van der Waals surface area contributed by atoms with Crippen molar-refractivity contribution < 1.29 is 37.0 Å². The Morgan fingerprint density at radius 1 is 0.842 bits per heavy atom. The van der Waals surface area contributed by atoms with Crippen molar-refractivity contribution in [1.29, 1.82) is 0 Å². The molecule has 0 bridgehead atoms. The summed E-state index contributed by atoms with van der Waals surface area (Å²) in [5, 5.41) is 24.8. The van der Waals surface area contributed by atoms with Crippen LogP contribution in [-0.2, 0) is 34.6 Å². The fourth-order valence-corrected chi connectivity index (χ4v) is 2.47. The molecule has 108 valence electrons. The van der Waals surface area contributed by atoms with Crippen molar-refractivity contribution in [2.45, 2.75) is 46.5 Å². The largest absolute Gasteiger partial charge is 4.00 e. The summed E-state index contributed by atoms with van der Waals surface area (Å²) in [4.78, 5) is 0. The third-order valence-corrected chi connectivity index (χ3v) is 3.50. The van der Waals surface area contributed by atoms with E-state index in [0.717, 1.165) is 21.3 Å². The fraction of sp³-hybridized carbons (Fsp3) is 0.667. The summed E-state index contributed by atoms with van der Waals surface area (Å²) in [5.74, 6) is 0. The minimum Gasteiger partial charge on any atom is -0.857 e. The number of fused-ring (bicyclic) bond motifs is 1. The van der Waals surface area contributed by atoms with Gasteiger partial charge in [-0.05, 0) is 0 Å². The minimum absolute atomic E-state index is 0. The Bertz CT molecular complexity index is 290. The Balaban J connectivity index is -0.000000325. The van der Waals surface area contributed by atoms with Gasteiger partial charge in [-0.25, -0.2) is 0 Å². The standard InChI is InChI=1S/C12H17.3CH3O.Ti/c1-8-9(2)11-6-4-5-7-12(11)10(8)3;3*1-2;/h4-7H2,1-3H3;3*1H3;/q4*-1;+4. The molecular weight excluding hydrogens is 276 g/mol. The van der Waals surface area contributed by atoms with Crippen molar-refractivity contribution in [1.82, 2.24) is 0 Å². The molecule has 0 aromatic heterocycles. The Labute approximate surface area is 132 Å². The first-order valence-electron chi connectivity index (χ1n) is 6.18. The molecule has 0 amide bonds. The number of hydrogen-bond donors (Lipinski definition) is 0. The van der Waals surface area contributed by atoms with Crippen LogP contribution in [0.4, 0.5) is 0 Å². The van der Waals surface area contributed by atoms with Gasteiger partial charge in [0.25, 0.3) is 0 Å². The van der Waals surface area contributed by atoms with E-state index in [0.29, 0.717) is 0 Å². The van der Waals surface area contributed by atoms with E-state index in [9.17, 15) is 0 Å². The molecule has 1 aromatic rings. The first-order chi connectivity index (χ1) is 8.72.